The molecule has 0 saturated carbocycles. The van der Waals surface area contributed by atoms with E-state index in [0.717, 1.165) is 5.01 Å². The summed E-state index contributed by atoms with van der Waals surface area (Å²) in [7, 11) is 0. The topological polar surface area (TPSA) is 101 Å². The summed E-state index contributed by atoms with van der Waals surface area (Å²) in [6.07, 6.45) is 2.67. The van der Waals surface area contributed by atoms with Gasteiger partial charge in [-0.2, -0.15) is 4.98 Å². The molecule has 0 spiro atoms. The standard InChI is InChI=1S/C15H20N4O3S/c1-8(2)6-15(14(20)21)7-10(12-17-9(3)19-22-12)11(18-15)13-16-4-5-23-13/h4-5,8,10-11,18H,6-7H2,1-3H3,(H,20,21)/t10-,11+,15-/m0/s1. The van der Waals surface area contributed by atoms with Gasteiger partial charge in [0.25, 0.3) is 0 Å². The SMILES string of the molecule is Cc1noc([C@H]2C[C@@](CC(C)C)(C(=O)O)N[C@H]2c2nccs2)n1. The van der Waals surface area contributed by atoms with Crippen molar-refractivity contribution in [3.05, 3.63) is 28.3 Å². The lowest BCUT2D eigenvalue weighted by atomic mass is 9.84. The van der Waals surface area contributed by atoms with E-state index in [9.17, 15) is 9.90 Å². The Bertz CT molecular complexity index is 685. The first-order chi connectivity index (χ1) is 10.9. The van der Waals surface area contributed by atoms with Gasteiger partial charge in [-0.15, -0.1) is 11.3 Å². The fourth-order valence-electron chi connectivity index (χ4n) is 3.34. The van der Waals surface area contributed by atoms with E-state index in [4.69, 9.17) is 4.52 Å². The molecule has 1 aliphatic rings. The fraction of sp³-hybridized carbons (Fsp3) is 0.600. The number of carboxylic acid groups (broad SMARTS) is 1. The number of rotatable bonds is 5. The van der Waals surface area contributed by atoms with Gasteiger partial charge in [0.05, 0.1) is 12.0 Å². The molecule has 0 bridgehead atoms. The number of aromatic nitrogens is 3. The fourth-order valence-corrected chi connectivity index (χ4v) is 4.09. The molecular weight excluding hydrogens is 316 g/mol. The van der Waals surface area contributed by atoms with Gasteiger partial charge in [0, 0.05) is 11.6 Å². The first kappa shape index (κ1) is 16.1. The lowest BCUT2D eigenvalue weighted by Crippen LogP contribution is -2.49. The second-order valence-corrected chi connectivity index (χ2v) is 7.39. The second-order valence-electron chi connectivity index (χ2n) is 6.47. The molecule has 2 N–H and O–H groups in total. The van der Waals surface area contributed by atoms with Crippen LogP contribution in [0.4, 0.5) is 0 Å². The van der Waals surface area contributed by atoms with Crippen molar-refractivity contribution in [1.29, 1.82) is 0 Å². The monoisotopic (exact) mass is 336 g/mol. The molecule has 7 nitrogen and oxygen atoms in total. The summed E-state index contributed by atoms with van der Waals surface area (Å²) in [6, 6.07) is -0.232. The summed E-state index contributed by atoms with van der Waals surface area (Å²) in [4.78, 5) is 20.7. The minimum absolute atomic E-state index is 0.197. The molecule has 1 aliphatic heterocycles. The molecule has 1 saturated heterocycles. The summed E-state index contributed by atoms with van der Waals surface area (Å²) < 4.78 is 5.34. The molecule has 0 aliphatic carbocycles. The minimum Gasteiger partial charge on any atom is -0.480 e. The van der Waals surface area contributed by atoms with Crippen molar-refractivity contribution in [1.82, 2.24) is 20.4 Å². The Morgan fingerprint density at radius 3 is 2.91 bits per heavy atom. The van der Waals surface area contributed by atoms with Gasteiger partial charge in [-0.25, -0.2) is 4.98 Å². The number of nitrogens with one attached hydrogen (secondary N) is 1. The molecule has 23 heavy (non-hydrogen) atoms. The van der Waals surface area contributed by atoms with Gasteiger partial charge >= 0.3 is 5.97 Å². The van der Waals surface area contributed by atoms with E-state index in [1.54, 1.807) is 13.1 Å². The molecule has 8 heteroatoms. The highest BCUT2D eigenvalue weighted by molar-refractivity contribution is 7.09. The lowest BCUT2D eigenvalue weighted by molar-refractivity contribution is -0.145. The van der Waals surface area contributed by atoms with E-state index in [-0.39, 0.29) is 17.9 Å². The van der Waals surface area contributed by atoms with Gasteiger partial charge in [0.2, 0.25) is 5.89 Å². The van der Waals surface area contributed by atoms with Crippen LogP contribution in [0.3, 0.4) is 0 Å². The average Bonchev–Trinajstić information content (AvgIpc) is 3.16. The molecular formula is C15H20N4O3S. The first-order valence-corrected chi connectivity index (χ1v) is 8.50. The summed E-state index contributed by atoms with van der Waals surface area (Å²) in [5.74, 6) is 0.235. The normalized spacial score (nSPS) is 27.7. The maximum absolute atomic E-state index is 12.0. The van der Waals surface area contributed by atoms with Crippen LogP contribution in [-0.2, 0) is 4.79 Å². The van der Waals surface area contributed by atoms with Crippen molar-refractivity contribution in [3.63, 3.8) is 0 Å². The molecule has 0 unspecified atom stereocenters. The third-order valence-corrected chi connectivity index (χ3v) is 5.01. The highest BCUT2D eigenvalue weighted by Crippen LogP contribution is 2.46. The molecule has 1 fully saturated rings. The number of carbonyl (C=O) groups is 1. The number of hydrogen-bond acceptors (Lipinski definition) is 7. The van der Waals surface area contributed by atoms with Crippen LogP contribution >= 0.6 is 11.3 Å². The molecule has 3 atom stereocenters. The Kier molecular flexibility index (Phi) is 4.20. The summed E-state index contributed by atoms with van der Waals surface area (Å²) in [6.45, 7) is 5.80. The van der Waals surface area contributed by atoms with Crippen LogP contribution < -0.4 is 5.32 Å². The van der Waals surface area contributed by atoms with E-state index < -0.39 is 11.5 Å². The predicted molar refractivity (Wildman–Crippen MR) is 84.2 cm³/mol. The molecule has 0 aromatic carbocycles. The molecule has 2 aromatic rings. The molecule has 2 aromatic heterocycles. The van der Waals surface area contributed by atoms with E-state index in [2.05, 4.69) is 20.4 Å². The van der Waals surface area contributed by atoms with Gasteiger partial charge in [-0.3, -0.25) is 10.1 Å². The quantitative estimate of drug-likeness (QED) is 0.865. The third kappa shape index (κ3) is 3.00. The molecule has 0 radical (unpaired) electrons. The highest BCUT2D eigenvalue weighted by atomic mass is 32.1. The Morgan fingerprint density at radius 1 is 1.61 bits per heavy atom. The van der Waals surface area contributed by atoms with Crippen LogP contribution in [0.2, 0.25) is 0 Å². The van der Waals surface area contributed by atoms with Crippen molar-refractivity contribution in [2.24, 2.45) is 5.92 Å². The van der Waals surface area contributed by atoms with Crippen LogP contribution in [0.25, 0.3) is 0 Å². The smallest absolute Gasteiger partial charge is 0.323 e. The van der Waals surface area contributed by atoms with Crippen LogP contribution in [-0.4, -0.2) is 31.7 Å². The zero-order chi connectivity index (χ0) is 16.6. The van der Waals surface area contributed by atoms with E-state index in [0.29, 0.717) is 24.6 Å². The molecule has 3 heterocycles. The van der Waals surface area contributed by atoms with E-state index >= 15 is 0 Å². The summed E-state index contributed by atoms with van der Waals surface area (Å²) in [5, 5.41) is 19.8. The van der Waals surface area contributed by atoms with Crippen molar-refractivity contribution < 1.29 is 14.4 Å². The van der Waals surface area contributed by atoms with E-state index in [1.165, 1.54) is 11.3 Å². The molecule has 3 rings (SSSR count). The maximum atomic E-state index is 12.0. The Hall–Kier alpha value is -1.80. The number of carboxylic acids is 1. The Labute approximate surface area is 138 Å². The number of nitrogens with zero attached hydrogens (tertiary/aromatic N) is 3. The highest BCUT2D eigenvalue weighted by Gasteiger charge is 2.53. The van der Waals surface area contributed by atoms with Crippen LogP contribution in [0.1, 0.15) is 55.4 Å². The zero-order valence-corrected chi connectivity index (χ0v) is 14.1. The van der Waals surface area contributed by atoms with Crippen molar-refractivity contribution in [3.8, 4) is 0 Å². The maximum Gasteiger partial charge on any atom is 0.323 e. The lowest BCUT2D eigenvalue weighted by Gasteiger charge is -2.27. The third-order valence-electron chi connectivity index (χ3n) is 4.15. The largest absolute Gasteiger partial charge is 0.480 e. The van der Waals surface area contributed by atoms with Gasteiger partial charge in [0.1, 0.15) is 10.5 Å². The number of aryl methyl sites for hydroxylation is 1. The molecule has 124 valence electrons. The average molecular weight is 336 g/mol. The van der Waals surface area contributed by atoms with Gasteiger partial charge in [-0.05, 0) is 25.7 Å². The van der Waals surface area contributed by atoms with Gasteiger partial charge in [-0.1, -0.05) is 19.0 Å². The van der Waals surface area contributed by atoms with Crippen LogP contribution in [0.15, 0.2) is 16.1 Å². The zero-order valence-electron chi connectivity index (χ0n) is 13.3. The van der Waals surface area contributed by atoms with Gasteiger partial charge in [0.15, 0.2) is 5.82 Å². The Morgan fingerprint density at radius 2 is 2.39 bits per heavy atom. The number of thiazole rings is 1. The van der Waals surface area contributed by atoms with E-state index in [1.807, 2.05) is 19.2 Å². The minimum atomic E-state index is -1.00. The number of aliphatic carboxylic acids is 1. The van der Waals surface area contributed by atoms with Crippen molar-refractivity contribution in [2.75, 3.05) is 0 Å². The Balaban J connectivity index is 2.00. The van der Waals surface area contributed by atoms with Crippen molar-refractivity contribution in [2.45, 2.75) is 51.1 Å². The molecule has 0 amide bonds. The van der Waals surface area contributed by atoms with Crippen LogP contribution in [0.5, 0.6) is 0 Å². The van der Waals surface area contributed by atoms with Crippen molar-refractivity contribution >= 4 is 17.3 Å². The predicted octanol–water partition coefficient (Wildman–Crippen LogP) is 2.52. The second kappa shape index (κ2) is 6.01. The first-order valence-electron chi connectivity index (χ1n) is 7.62. The number of hydrogen-bond donors (Lipinski definition) is 2. The van der Waals surface area contributed by atoms with Gasteiger partial charge < -0.3 is 9.63 Å². The van der Waals surface area contributed by atoms with Crippen LogP contribution in [0, 0.1) is 12.8 Å². The summed E-state index contributed by atoms with van der Waals surface area (Å²) in [5.41, 5.74) is -1.00. The summed E-state index contributed by atoms with van der Waals surface area (Å²) >= 11 is 1.50.